The summed E-state index contributed by atoms with van der Waals surface area (Å²) in [5.74, 6) is -2.24. The quantitative estimate of drug-likeness (QED) is 0.476. The molecule has 24 heavy (non-hydrogen) atoms. The number of benzene rings is 2. The summed E-state index contributed by atoms with van der Waals surface area (Å²) in [7, 11) is 0. The third kappa shape index (κ3) is 4.50. The zero-order valence-corrected chi connectivity index (χ0v) is 13.6. The van der Waals surface area contributed by atoms with Gasteiger partial charge in [0, 0.05) is 22.2 Å². The Hall–Kier alpha value is -3.00. The second kappa shape index (κ2) is 7.51. The van der Waals surface area contributed by atoms with Crippen LogP contribution >= 0.6 is 15.9 Å². The monoisotopic (exact) mass is 389 g/mol. The minimum absolute atomic E-state index is 0.194. The molecule has 0 spiro atoms. The van der Waals surface area contributed by atoms with Gasteiger partial charge >= 0.3 is 0 Å². The van der Waals surface area contributed by atoms with Gasteiger partial charge in [0.2, 0.25) is 0 Å². The number of aliphatic carboxylic acids is 1. The van der Waals surface area contributed by atoms with Gasteiger partial charge in [-0.3, -0.25) is 14.9 Å². The van der Waals surface area contributed by atoms with Crippen LogP contribution in [0.5, 0.6) is 0 Å². The van der Waals surface area contributed by atoms with Crippen molar-refractivity contribution in [2.24, 2.45) is 0 Å². The second-order valence-corrected chi connectivity index (χ2v) is 5.57. The lowest BCUT2D eigenvalue weighted by molar-refractivity contribution is -0.384. The van der Waals surface area contributed by atoms with E-state index in [0.717, 1.165) is 10.5 Å². The van der Waals surface area contributed by atoms with E-state index in [2.05, 4.69) is 21.2 Å². The molecule has 2 aromatic rings. The van der Waals surface area contributed by atoms with Crippen molar-refractivity contribution in [1.82, 2.24) is 5.32 Å². The molecule has 0 aliphatic heterocycles. The predicted octanol–water partition coefficient (Wildman–Crippen LogP) is 1.88. The van der Waals surface area contributed by atoms with Gasteiger partial charge in [0.15, 0.2) is 0 Å². The maximum atomic E-state index is 12.1. The molecule has 0 atom stereocenters. The number of hydrogen-bond donors (Lipinski definition) is 1. The summed E-state index contributed by atoms with van der Waals surface area (Å²) in [6.07, 6.45) is 1.10. The van der Waals surface area contributed by atoms with Crippen LogP contribution in [0, 0.1) is 10.1 Å². The molecule has 0 heterocycles. The van der Waals surface area contributed by atoms with Crippen LogP contribution in [0.3, 0.4) is 0 Å². The maximum absolute atomic E-state index is 12.1. The fourth-order valence-corrected chi connectivity index (χ4v) is 2.10. The Kier molecular flexibility index (Phi) is 5.43. The van der Waals surface area contributed by atoms with Gasteiger partial charge < -0.3 is 15.2 Å². The zero-order chi connectivity index (χ0) is 17.7. The third-order valence-electron chi connectivity index (χ3n) is 2.97. The Balaban J connectivity index is 2.27. The number of rotatable bonds is 5. The molecule has 8 heteroatoms. The number of nitro groups is 1. The number of nitrogens with one attached hydrogen (secondary N) is 1. The molecule has 2 rings (SSSR count). The fraction of sp³-hybridized carbons (Fsp3) is 0. The number of nitrogens with zero attached hydrogens (tertiary/aromatic N) is 1. The van der Waals surface area contributed by atoms with E-state index < -0.39 is 22.5 Å². The van der Waals surface area contributed by atoms with Gasteiger partial charge in [-0.2, -0.15) is 0 Å². The van der Waals surface area contributed by atoms with Crippen LogP contribution in [0.25, 0.3) is 6.08 Å². The average molecular weight is 390 g/mol. The van der Waals surface area contributed by atoms with Crippen molar-refractivity contribution in [3.63, 3.8) is 0 Å². The lowest BCUT2D eigenvalue weighted by Crippen LogP contribution is -2.35. The summed E-state index contributed by atoms with van der Waals surface area (Å²) in [5.41, 5.74) is -0.187. The van der Waals surface area contributed by atoms with E-state index in [1.807, 2.05) is 0 Å². The number of non-ortho nitro benzene ring substituents is 1. The Labute approximate surface area is 144 Å². The standard InChI is InChI=1S/C16H11BrN2O5/c17-12-6-4-11(5-7-12)15(20)18-14(16(21)22)9-10-2-1-3-13(8-10)19(23)24/h1-9H,(H,18,20)(H,21,22)/p-1/b14-9+. The molecule has 7 nitrogen and oxygen atoms in total. The highest BCUT2D eigenvalue weighted by Gasteiger charge is 2.10. The van der Waals surface area contributed by atoms with Gasteiger partial charge in [0.25, 0.3) is 11.6 Å². The molecule has 0 saturated heterocycles. The Morgan fingerprint density at radius 3 is 2.38 bits per heavy atom. The van der Waals surface area contributed by atoms with Crippen molar-refractivity contribution < 1.29 is 19.6 Å². The van der Waals surface area contributed by atoms with Gasteiger partial charge in [-0.25, -0.2) is 0 Å². The van der Waals surface area contributed by atoms with Crippen molar-refractivity contribution in [3.05, 3.63) is 79.9 Å². The van der Waals surface area contributed by atoms with Gasteiger partial charge in [-0.05, 0) is 35.9 Å². The summed E-state index contributed by atoms with van der Waals surface area (Å²) in [6.45, 7) is 0. The molecule has 0 aliphatic rings. The maximum Gasteiger partial charge on any atom is 0.270 e. The first-order valence-electron chi connectivity index (χ1n) is 6.61. The SMILES string of the molecule is O=C([O-])/C(=C\c1cccc([N+](=O)[O-])c1)NC(=O)c1ccc(Br)cc1. The lowest BCUT2D eigenvalue weighted by atomic mass is 10.1. The van der Waals surface area contributed by atoms with E-state index in [0.29, 0.717) is 0 Å². The van der Waals surface area contributed by atoms with Crippen LogP contribution in [-0.4, -0.2) is 16.8 Å². The van der Waals surface area contributed by atoms with Crippen LogP contribution in [0.2, 0.25) is 0 Å². The van der Waals surface area contributed by atoms with E-state index in [4.69, 9.17) is 0 Å². The molecular formula is C16H10BrN2O5-. The van der Waals surface area contributed by atoms with Gasteiger partial charge in [-0.1, -0.05) is 28.1 Å². The third-order valence-corrected chi connectivity index (χ3v) is 3.50. The number of halogens is 1. The molecule has 0 aromatic heterocycles. The number of carboxylic acid groups (broad SMARTS) is 1. The second-order valence-electron chi connectivity index (χ2n) is 4.66. The highest BCUT2D eigenvalue weighted by atomic mass is 79.9. The molecule has 0 saturated carbocycles. The molecule has 0 unspecified atom stereocenters. The van der Waals surface area contributed by atoms with Crippen LogP contribution in [0.4, 0.5) is 5.69 Å². The number of nitro benzene ring substituents is 1. The van der Waals surface area contributed by atoms with Gasteiger partial charge in [-0.15, -0.1) is 0 Å². The summed E-state index contributed by atoms with van der Waals surface area (Å²) in [6, 6.07) is 11.6. The Morgan fingerprint density at radius 1 is 1.12 bits per heavy atom. The first kappa shape index (κ1) is 17.4. The molecule has 122 valence electrons. The van der Waals surface area contributed by atoms with Gasteiger partial charge in [0.05, 0.1) is 16.6 Å². The number of carboxylic acids is 1. The Morgan fingerprint density at radius 2 is 1.79 bits per heavy atom. The van der Waals surface area contributed by atoms with Crippen LogP contribution in [-0.2, 0) is 4.79 Å². The van der Waals surface area contributed by atoms with E-state index in [1.165, 1.54) is 36.4 Å². The highest BCUT2D eigenvalue weighted by Crippen LogP contribution is 2.16. The van der Waals surface area contributed by atoms with Gasteiger partial charge in [0.1, 0.15) is 0 Å². The van der Waals surface area contributed by atoms with E-state index in [1.54, 1.807) is 12.1 Å². The van der Waals surface area contributed by atoms with Crippen LogP contribution in [0.1, 0.15) is 15.9 Å². The Bertz CT molecular complexity index is 831. The molecule has 1 amide bonds. The largest absolute Gasteiger partial charge is 0.543 e. The smallest absolute Gasteiger partial charge is 0.270 e. The van der Waals surface area contributed by atoms with Crippen molar-refractivity contribution in [2.75, 3.05) is 0 Å². The summed E-state index contributed by atoms with van der Waals surface area (Å²) >= 11 is 3.23. The van der Waals surface area contributed by atoms with E-state index in [9.17, 15) is 24.8 Å². The van der Waals surface area contributed by atoms with Crippen molar-refractivity contribution in [3.8, 4) is 0 Å². The van der Waals surface area contributed by atoms with Crippen LogP contribution in [0.15, 0.2) is 58.7 Å². The van der Waals surface area contributed by atoms with Crippen molar-refractivity contribution in [1.29, 1.82) is 0 Å². The first-order valence-corrected chi connectivity index (χ1v) is 7.40. The lowest BCUT2D eigenvalue weighted by Gasteiger charge is -2.11. The number of carbonyl (C=O) groups excluding carboxylic acids is 2. The number of amides is 1. The average Bonchev–Trinajstić information content (AvgIpc) is 2.55. The highest BCUT2D eigenvalue weighted by molar-refractivity contribution is 9.10. The van der Waals surface area contributed by atoms with Crippen LogP contribution < -0.4 is 10.4 Å². The molecular weight excluding hydrogens is 380 g/mol. The predicted molar refractivity (Wildman–Crippen MR) is 87.7 cm³/mol. The summed E-state index contributed by atoms with van der Waals surface area (Å²) < 4.78 is 0.770. The molecule has 1 N–H and O–H groups in total. The van der Waals surface area contributed by atoms with Crippen molar-refractivity contribution in [2.45, 2.75) is 0 Å². The molecule has 0 bridgehead atoms. The van der Waals surface area contributed by atoms with E-state index in [-0.39, 0.29) is 16.8 Å². The molecule has 0 fully saturated rings. The fourth-order valence-electron chi connectivity index (χ4n) is 1.84. The number of hydrogen-bond acceptors (Lipinski definition) is 5. The zero-order valence-electron chi connectivity index (χ0n) is 12.1. The minimum atomic E-state index is -1.60. The normalized spacial score (nSPS) is 11.0. The molecule has 0 aliphatic carbocycles. The van der Waals surface area contributed by atoms with Crippen molar-refractivity contribution >= 4 is 39.6 Å². The minimum Gasteiger partial charge on any atom is -0.543 e. The molecule has 2 aromatic carbocycles. The first-order chi connectivity index (χ1) is 11.4. The summed E-state index contributed by atoms with van der Waals surface area (Å²) in [5, 5.41) is 24.2. The van der Waals surface area contributed by atoms with E-state index >= 15 is 0 Å². The topological polar surface area (TPSA) is 112 Å². The molecule has 0 radical (unpaired) electrons. The number of carbonyl (C=O) groups is 2. The summed E-state index contributed by atoms with van der Waals surface area (Å²) in [4.78, 5) is 33.4.